The molecule has 0 aromatic rings. The van der Waals surface area contributed by atoms with Gasteiger partial charge in [-0.15, -0.1) is 0 Å². The van der Waals surface area contributed by atoms with Crippen molar-refractivity contribution >= 4 is 11.7 Å². The summed E-state index contributed by atoms with van der Waals surface area (Å²) in [5, 5.41) is 11.0. The molecule has 5 atom stereocenters. The van der Waals surface area contributed by atoms with Gasteiger partial charge in [0.25, 0.3) is 0 Å². The average Bonchev–Trinajstić information content (AvgIpc) is 3.15. The SMILES string of the molecule is CC(C)N(C)C(=O)CCCCCCCCC[C@H]1C[C@]2(C)[C@@H](O)CC[C@H]2[C@@H]2CCC3=CC(=O)CCC3=C12. The maximum absolute atomic E-state index is 12.1. The molecule has 1 N–H and O–H groups in total. The highest BCUT2D eigenvalue weighted by Crippen LogP contribution is 2.62. The molecule has 2 saturated carbocycles. The Labute approximate surface area is 220 Å². The summed E-state index contributed by atoms with van der Waals surface area (Å²) in [6.07, 6.45) is 19.4. The third-order valence-corrected chi connectivity index (χ3v) is 10.4. The summed E-state index contributed by atoms with van der Waals surface area (Å²) < 4.78 is 0. The van der Waals surface area contributed by atoms with Crippen molar-refractivity contribution in [1.82, 2.24) is 4.90 Å². The average molecular weight is 498 g/mol. The van der Waals surface area contributed by atoms with Gasteiger partial charge in [0, 0.05) is 25.9 Å². The number of unbranched alkanes of at least 4 members (excludes halogenated alkanes) is 6. The van der Waals surface area contributed by atoms with E-state index in [1.165, 1.54) is 56.9 Å². The molecule has 202 valence electrons. The van der Waals surface area contributed by atoms with Gasteiger partial charge in [0.15, 0.2) is 5.78 Å². The number of rotatable bonds is 11. The van der Waals surface area contributed by atoms with Crippen molar-refractivity contribution in [2.24, 2.45) is 23.2 Å². The summed E-state index contributed by atoms with van der Waals surface area (Å²) in [4.78, 5) is 26.1. The van der Waals surface area contributed by atoms with Crippen molar-refractivity contribution in [3.05, 3.63) is 22.8 Å². The van der Waals surface area contributed by atoms with Crippen LogP contribution in [0.1, 0.15) is 124 Å². The summed E-state index contributed by atoms with van der Waals surface area (Å²) >= 11 is 0. The fourth-order valence-corrected chi connectivity index (χ4v) is 8.08. The van der Waals surface area contributed by atoms with Crippen LogP contribution in [0.3, 0.4) is 0 Å². The molecule has 0 saturated heterocycles. The molecule has 0 aromatic heterocycles. The number of hydrogen-bond acceptors (Lipinski definition) is 3. The monoisotopic (exact) mass is 497 g/mol. The summed E-state index contributed by atoms with van der Waals surface area (Å²) in [6.45, 7) is 6.51. The highest BCUT2D eigenvalue weighted by molar-refractivity contribution is 5.93. The van der Waals surface area contributed by atoms with Gasteiger partial charge < -0.3 is 10.0 Å². The molecule has 0 radical (unpaired) electrons. The molecular formula is C32H51NO3. The number of carbonyl (C=O) groups excluding carboxylic acids is 2. The largest absolute Gasteiger partial charge is 0.393 e. The van der Waals surface area contributed by atoms with Gasteiger partial charge in [-0.05, 0) is 106 Å². The van der Waals surface area contributed by atoms with E-state index in [2.05, 4.69) is 20.8 Å². The number of aliphatic hydroxyl groups excluding tert-OH is 1. The van der Waals surface area contributed by atoms with Crippen LogP contribution in [0.15, 0.2) is 22.8 Å². The topological polar surface area (TPSA) is 57.6 Å². The molecule has 4 aliphatic rings. The van der Waals surface area contributed by atoms with Gasteiger partial charge in [-0.1, -0.05) is 51.0 Å². The van der Waals surface area contributed by atoms with Crippen LogP contribution < -0.4 is 0 Å². The summed E-state index contributed by atoms with van der Waals surface area (Å²) in [5.74, 6) is 2.43. The molecule has 0 spiro atoms. The molecule has 1 amide bonds. The van der Waals surface area contributed by atoms with Crippen LogP contribution in [0.2, 0.25) is 0 Å². The minimum absolute atomic E-state index is 0.0756. The van der Waals surface area contributed by atoms with Crippen molar-refractivity contribution < 1.29 is 14.7 Å². The lowest BCUT2D eigenvalue weighted by Gasteiger charge is -2.52. The van der Waals surface area contributed by atoms with Crippen molar-refractivity contribution in [2.45, 2.75) is 136 Å². The summed E-state index contributed by atoms with van der Waals surface area (Å²) in [7, 11) is 1.91. The van der Waals surface area contributed by atoms with E-state index in [4.69, 9.17) is 0 Å². The summed E-state index contributed by atoms with van der Waals surface area (Å²) in [5.41, 5.74) is 4.69. The third kappa shape index (κ3) is 5.84. The number of ketones is 1. The van der Waals surface area contributed by atoms with E-state index in [0.29, 0.717) is 36.4 Å². The van der Waals surface area contributed by atoms with Crippen LogP contribution in [0.25, 0.3) is 0 Å². The van der Waals surface area contributed by atoms with Crippen molar-refractivity contribution in [1.29, 1.82) is 0 Å². The maximum atomic E-state index is 12.1. The minimum Gasteiger partial charge on any atom is -0.393 e. The fourth-order valence-electron chi connectivity index (χ4n) is 8.08. The van der Waals surface area contributed by atoms with E-state index in [0.717, 1.165) is 38.5 Å². The second-order valence-electron chi connectivity index (χ2n) is 12.9. The molecule has 0 unspecified atom stereocenters. The predicted molar refractivity (Wildman–Crippen MR) is 146 cm³/mol. The van der Waals surface area contributed by atoms with E-state index >= 15 is 0 Å². The van der Waals surface area contributed by atoms with Crippen LogP contribution in [-0.2, 0) is 9.59 Å². The van der Waals surface area contributed by atoms with E-state index in [9.17, 15) is 14.7 Å². The van der Waals surface area contributed by atoms with Crippen molar-refractivity contribution in [2.75, 3.05) is 7.05 Å². The molecule has 0 heterocycles. The standard InChI is InChI=1S/C32H51NO3/c1-22(2)33(4)30(36)13-11-9-7-5-6-8-10-12-24-21-32(3)28(18-19-29(32)35)27-16-14-23-20-25(34)15-17-26(23)31(24)27/h20,22,24,27-29,35H,5-19,21H2,1-4H3/t24-,27-,28-,29-,32-/m0/s1. The first-order chi connectivity index (χ1) is 17.2. The third-order valence-electron chi connectivity index (χ3n) is 10.4. The molecule has 2 fully saturated rings. The molecular weight excluding hydrogens is 446 g/mol. The Morgan fingerprint density at radius 3 is 2.44 bits per heavy atom. The number of carbonyl (C=O) groups is 2. The van der Waals surface area contributed by atoms with Gasteiger partial charge in [-0.2, -0.15) is 0 Å². The fraction of sp³-hybridized carbons (Fsp3) is 0.812. The Balaban J connectivity index is 1.27. The Hall–Kier alpha value is -1.42. The van der Waals surface area contributed by atoms with Crippen LogP contribution in [0.4, 0.5) is 0 Å². The zero-order chi connectivity index (χ0) is 25.9. The normalized spacial score (nSPS) is 31.7. The molecule has 4 rings (SSSR count). The van der Waals surface area contributed by atoms with E-state index in [-0.39, 0.29) is 23.5 Å². The van der Waals surface area contributed by atoms with Crippen molar-refractivity contribution in [3.63, 3.8) is 0 Å². The quantitative estimate of drug-likeness (QED) is 0.308. The first kappa shape index (κ1) is 27.6. The smallest absolute Gasteiger partial charge is 0.222 e. The Kier molecular flexibility index (Phi) is 9.18. The second-order valence-corrected chi connectivity index (χ2v) is 12.9. The van der Waals surface area contributed by atoms with Gasteiger partial charge >= 0.3 is 0 Å². The van der Waals surface area contributed by atoms with Crippen LogP contribution in [0, 0.1) is 23.2 Å². The molecule has 36 heavy (non-hydrogen) atoms. The number of allylic oxidation sites excluding steroid dienone is 4. The van der Waals surface area contributed by atoms with Crippen molar-refractivity contribution in [3.8, 4) is 0 Å². The first-order valence-corrected chi connectivity index (χ1v) is 15.1. The van der Waals surface area contributed by atoms with Gasteiger partial charge in [0.05, 0.1) is 6.10 Å². The second kappa shape index (κ2) is 12.0. The van der Waals surface area contributed by atoms with E-state index in [1.54, 1.807) is 11.1 Å². The molecule has 0 bridgehead atoms. The Morgan fingerprint density at radius 2 is 1.72 bits per heavy atom. The van der Waals surface area contributed by atoms with Crippen LogP contribution >= 0.6 is 0 Å². The first-order valence-electron chi connectivity index (χ1n) is 15.1. The lowest BCUT2D eigenvalue weighted by atomic mass is 9.53. The van der Waals surface area contributed by atoms with Gasteiger partial charge in [0.1, 0.15) is 0 Å². The van der Waals surface area contributed by atoms with E-state index in [1.807, 2.05) is 18.0 Å². The number of aliphatic hydroxyl groups is 1. The van der Waals surface area contributed by atoms with Gasteiger partial charge in [-0.25, -0.2) is 0 Å². The zero-order valence-electron chi connectivity index (χ0n) is 23.5. The minimum atomic E-state index is -0.145. The van der Waals surface area contributed by atoms with E-state index < -0.39 is 0 Å². The van der Waals surface area contributed by atoms with Crippen LogP contribution in [0.5, 0.6) is 0 Å². The number of nitrogens with zero attached hydrogens (tertiary/aromatic N) is 1. The predicted octanol–water partition coefficient (Wildman–Crippen LogP) is 7.16. The molecule has 4 aliphatic carbocycles. The highest BCUT2D eigenvalue weighted by atomic mass is 16.3. The number of fused-ring (bicyclic) bond motifs is 4. The Morgan fingerprint density at radius 1 is 1.03 bits per heavy atom. The van der Waals surface area contributed by atoms with Gasteiger partial charge in [-0.3, -0.25) is 9.59 Å². The summed E-state index contributed by atoms with van der Waals surface area (Å²) in [6, 6.07) is 0.288. The lowest BCUT2D eigenvalue weighted by Crippen LogP contribution is -2.45. The van der Waals surface area contributed by atoms with Gasteiger partial charge in [0.2, 0.25) is 5.91 Å². The Bertz CT molecular complexity index is 871. The zero-order valence-corrected chi connectivity index (χ0v) is 23.5. The van der Waals surface area contributed by atoms with Crippen LogP contribution in [-0.4, -0.2) is 40.9 Å². The highest BCUT2D eigenvalue weighted by Gasteiger charge is 2.55. The molecule has 4 nitrogen and oxygen atoms in total. The molecule has 0 aliphatic heterocycles. The number of amides is 1. The number of hydrogen-bond donors (Lipinski definition) is 1. The maximum Gasteiger partial charge on any atom is 0.222 e. The lowest BCUT2D eigenvalue weighted by molar-refractivity contribution is -0.131. The molecule has 0 aromatic carbocycles. The molecule has 4 heteroatoms.